The number of fused-ring (bicyclic) bond motifs is 1. The van der Waals surface area contributed by atoms with Gasteiger partial charge in [0.15, 0.2) is 14.1 Å². The van der Waals surface area contributed by atoms with Crippen LogP contribution in [0.1, 0.15) is 0 Å². The largest absolute Gasteiger partial charge is 0.346 e. The number of benzene rings is 4. The summed E-state index contributed by atoms with van der Waals surface area (Å²) in [6.07, 6.45) is 3.62. The Morgan fingerprint density at radius 2 is 1.03 bits per heavy atom. The van der Waals surface area contributed by atoms with Gasteiger partial charge in [-0.2, -0.15) is 0 Å². The Morgan fingerprint density at radius 3 is 1.49 bits per heavy atom. The van der Waals surface area contributed by atoms with Crippen LogP contribution in [0.2, 0.25) is 19.6 Å². The second-order valence-corrected chi connectivity index (χ2v) is 19.1. The van der Waals surface area contributed by atoms with E-state index in [1.54, 1.807) is 6.33 Å². The molecule has 192 valence electrons. The van der Waals surface area contributed by atoms with Crippen molar-refractivity contribution in [2.75, 3.05) is 4.57 Å². The van der Waals surface area contributed by atoms with Crippen LogP contribution in [0.4, 0.5) is 11.5 Å². The van der Waals surface area contributed by atoms with Crippen molar-refractivity contribution in [2.45, 2.75) is 19.6 Å². The van der Waals surface area contributed by atoms with Gasteiger partial charge < -0.3 is 8.80 Å². The molecule has 0 spiro atoms. The molecule has 39 heavy (non-hydrogen) atoms. The van der Waals surface area contributed by atoms with Gasteiger partial charge in [-0.3, -0.25) is 0 Å². The summed E-state index contributed by atoms with van der Waals surface area (Å²) in [5, 5.41) is 3.87. The zero-order valence-corrected chi connectivity index (χ0v) is 24.4. The lowest BCUT2D eigenvalue weighted by atomic mass is 10.3. The SMILES string of the molecule is C[Si](C)(C)n1cnc2ncnc-2c1N(c1ccccc1)[Si](c1ccccc1)(c1ccccc1)c1ccccc1. The second-order valence-electron chi connectivity index (χ2n) is 10.6. The third kappa shape index (κ3) is 4.29. The molecule has 2 aliphatic rings. The number of hydrogen-bond donors (Lipinski definition) is 0. The molecule has 0 N–H and O–H groups in total. The molecular formula is C32H31N5Si2. The van der Waals surface area contributed by atoms with Crippen LogP contribution in [-0.2, 0) is 0 Å². The number of hydrogen-bond acceptors (Lipinski definition) is 4. The molecular weight excluding hydrogens is 511 g/mol. The summed E-state index contributed by atoms with van der Waals surface area (Å²) in [7, 11) is -4.98. The molecule has 0 unspecified atom stereocenters. The fraction of sp³-hybridized carbons (Fsp3) is 0.0938. The van der Waals surface area contributed by atoms with Crippen molar-refractivity contribution in [1.82, 2.24) is 19.2 Å². The van der Waals surface area contributed by atoms with E-state index >= 15 is 0 Å². The molecule has 0 aromatic heterocycles. The van der Waals surface area contributed by atoms with E-state index in [1.165, 1.54) is 15.6 Å². The maximum atomic E-state index is 4.84. The van der Waals surface area contributed by atoms with Crippen LogP contribution >= 0.6 is 0 Å². The van der Waals surface area contributed by atoms with E-state index < -0.39 is 16.5 Å². The van der Waals surface area contributed by atoms with Gasteiger partial charge in [0.05, 0.1) is 6.33 Å². The van der Waals surface area contributed by atoms with Gasteiger partial charge in [-0.15, -0.1) is 0 Å². The Kier molecular flexibility index (Phi) is 6.46. The minimum absolute atomic E-state index is 0.664. The molecule has 2 heterocycles. The van der Waals surface area contributed by atoms with Crippen molar-refractivity contribution in [3.63, 3.8) is 0 Å². The van der Waals surface area contributed by atoms with Crippen LogP contribution in [0.25, 0.3) is 11.5 Å². The van der Waals surface area contributed by atoms with Crippen molar-refractivity contribution >= 4 is 43.5 Å². The fourth-order valence-electron chi connectivity index (χ4n) is 5.48. The van der Waals surface area contributed by atoms with E-state index in [1.807, 2.05) is 6.33 Å². The van der Waals surface area contributed by atoms with E-state index in [0.29, 0.717) is 5.82 Å². The maximum absolute atomic E-state index is 4.84. The molecule has 0 radical (unpaired) electrons. The van der Waals surface area contributed by atoms with Gasteiger partial charge >= 0.3 is 0 Å². The van der Waals surface area contributed by atoms with Crippen LogP contribution in [0.3, 0.4) is 0 Å². The molecule has 0 fully saturated rings. The molecule has 0 bridgehead atoms. The molecule has 4 aromatic rings. The quantitative estimate of drug-likeness (QED) is 0.204. The Bertz CT molecular complexity index is 1540. The molecule has 0 aliphatic carbocycles. The van der Waals surface area contributed by atoms with Gasteiger partial charge in [0.25, 0.3) is 8.24 Å². The van der Waals surface area contributed by atoms with Crippen LogP contribution in [0, 0.1) is 0 Å². The predicted octanol–water partition coefficient (Wildman–Crippen LogP) is 5.27. The predicted molar refractivity (Wildman–Crippen MR) is 166 cm³/mol. The lowest BCUT2D eigenvalue weighted by Gasteiger charge is -2.47. The van der Waals surface area contributed by atoms with Crippen LogP contribution in [0.5, 0.6) is 0 Å². The van der Waals surface area contributed by atoms with Crippen molar-refractivity contribution < 1.29 is 0 Å². The number of aromatic nitrogens is 4. The van der Waals surface area contributed by atoms with Gasteiger partial charge in [0.1, 0.15) is 17.8 Å². The third-order valence-corrected chi connectivity index (χ3v) is 13.6. The van der Waals surface area contributed by atoms with Crippen LogP contribution < -0.4 is 20.1 Å². The summed E-state index contributed by atoms with van der Waals surface area (Å²) in [5.41, 5.74) is 1.94. The highest BCUT2D eigenvalue weighted by molar-refractivity contribution is 7.14. The lowest BCUT2D eigenvalue weighted by molar-refractivity contribution is 1.00. The van der Waals surface area contributed by atoms with E-state index in [0.717, 1.165) is 17.2 Å². The molecule has 0 saturated carbocycles. The highest BCUT2D eigenvalue weighted by atomic mass is 28.3. The minimum Gasteiger partial charge on any atom is -0.346 e. The molecule has 7 heteroatoms. The molecule has 5 nitrogen and oxygen atoms in total. The van der Waals surface area contributed by atoms with Crippen molar-refractivity contribution in [2.24, 2.45) is 0 Å². The van der Waals surface area contributed by atoms with Gasteiger partial charge in [-0.25, -0.2) is 15.0 Å². The third-order valence-electron chi connectivity index (χ3n) is 7.17. The average molecular weight is 542 g/mol. The Balaban J connectivity index is 1.85. The molecule has 0 amide bonds. The topological polar surface area (TPSA) is 46.8 Å². The molecule has 4 aromatic carbocycles. The number of imidazole rings is 1. The molecule has 0 saturated heterocycles. The zero-order valence-electron chi connectivity index (χ0n) is 22.4. The Morgan fingerprint density at radius 1 is 0.564 bits per heavy atom. The first-order chi connectivity index (χ1) is 19.0. The monoisotopic (exact) mass is 541 g/mol. The van der Waals surface area contributed by atoms with Gasteiger partial charge in [0, 0.05) is 5.69 Å². The number of para-hydroxylation sites is 1. The first-order valence-corrected chi connectivity index (χ1v) is 18.6. The average Bonchev–Trinajstić information content (AvgIpc) is 3.46. The highest BCUT2D eigenvalue weighted by Gasteiger charge is 2.49. The minimum atomic E-state index is -3.00. The number of rotatable bonds is 7. The van der Waals surface area contributed by atoms with E-state index in [4.69, 9.17) is 9.97 Å². The normalized spacial score (nSPS) is 12.0. The van der Waals surface area contributed by atoms with Gasteiger partial charge in [-0.1, -0.05) is 129 Å². The van der Waals surface area contributed by atoms with Crippen molar-refractivity contribution in [3.05, 3.63) is 134 Å². The zero-order chi connectivity index (χ0) is 26.9. The summed E-state index contributed by atoms with van der Waals surface area (Å²) in [6.45, 7) is 7.04. The summed E-state index contributed by atoms with van der Waals surface area (Å²) in [5.74, 6) is 1.71. The van der Waals surface area contributed by atoms with Crippen molar-refractivity contribution in [1.29, 1.82) is 0 Å². The van der Waals surface area contributed by atoms with Crippen LogP contribution in [-0.4, -0.2) is 35.7 Å². The lowest BCUT2D eigenvalue weighted by Crippen LogP contribution is -2.77. The standard InChI is InChI=1S/C32H31N5Si2/c1-38(2,3)36-25-35-31-30(33-24-34-31)32(36)37(26-16-8-4-9-17-26)39(27-18-10-5-11-19-27,28-20-12-6-13-21-28)29-22-14-7-15-23-29/h4-25H,1-3H3. The summed E-state index contributed by atoms with van der Waals surface area (Å²) < 4.78 is 5.00. The number of anilines is 2. The Hall–Kier alpha value is -4.34. The number of nitrogens with zero attached hydrogens (tertiary/aromatic N) is 5. The second kappa shape index (κ2) is 10.1. The smallest absolute Gasteiger partial charge is 0.258 e. The first kappa shape index (κ1) is 25.0. The molecule has 2 aliphatic heterocycles. The maximum Gasteiger partial charge on any atom is 0.258 e. The first-order valence-electron chi connectivity index (χ1n) is 13.2. The fourth-order valence-corrected chi connectivity index (χ4v) is 11.7. The summed E-state index contributed by atoms with van der Waals surface area (Å²) in [4.78, 5) is 14.1. The highest BCUT2D eigenvalue weighted by Crippen LogP contribution is 2.38. The molecule has 6 rings (SSSR count). The van der Waals surface area contributed by atoms with Crippen molar-refractivity contribution in [3.8, 4) is 11.5 Å². The Labute approximate surface area is 232 Å². The summed E-state index contributed by atoms with van der Waals surface area (Å²) >= 11 is 0. The van der Waals surface area contributed by atoms with E-state index in [2.05, 4.69) is 155 Å². The summed E-state index contributed by atoms with van der Waals surface area (Å²) in [6, 6.07) is 43.7. The van der Waals surface area contributed by atoms with Crippen LogP contribution in [0.15, 0.2) is 134 Å². The van der Waals surface area contributed by atoms with Gasteiger partial charge in [-0.05, 0) is 27.7 Å². The molecule has 0 atom stereocenters. The van der Waals surface area contributed by atoms with E-state index in [9.17, 15) is 0 Å². The van der Waals surface area contributed by atoms with Gasteiger partial charge in [0.2, 0.25) is 0 Å². The van der Waals surface area contributed by atoms with E-state index in [-0.39, 0.29) is 0 Å².